The molecule has 0 spiro atoms. The lowest BCUT2D eigenvalue weighted by atomic mass is 10.0. The third-order valence-electron chi connectivity index (χ3n) is 3.57. The average molecular weight is 193 g/mol. The molecule has 78 valence electrons. The van der Waals surface area contributed by atoms with Crippen molar-refractivity contribution in [1.82, 2.24) is 10.2 Å². The number of hydrogen-bond acceptors (Lipinski definition) is 3. The molecule has 2 rings (SSSR count). The van der Waals surface area contributed by atoms with Crippen LogP contribution in [0.25, 0.3) is 0 Å². The van der Waals surface area contributed by atoms with E-state index < -0.39 is 0 Å². The molecule has 1 aliphatic carbocycles. The Hall–Kier alpha value is -0.590. The van der Waals surface area contributed by atoms with Crippen molar-refractivity contribution >= 4 is 0 Å². The summed E-state index contributed by atoms with van der Waals surface area (Å²) in [6, 6.07) is 3.16. The van der Waals surface area contributed by atoms with E-state index in [1.807, 2.05) is 0 Å². The first-order valence-corrected chi connectivity index (χ1v) is 5.58. The molecule has 1 heterocycles. The molecule has 3 heteroatoms. The quantitative estimate of drug-likeness (QED) is 0.726. The van der Waals surface area contributed by atoms with Crippen molar-refractivity contribution in [3.8, 4) is 6.07 Å². The van der Waals surface area contributed by atoms with Gasteiger partial charge in [-0.05, 0) is 45.8 Å². The largest absolute Gasteiger partial charge is 0.317 e. The maximum Gasteiger partial charge on any atom is 0.0703 e. The van der Waals surface area contributed by atoms with Gasteiger partial charge in [0.05, 0.1) is 11.5 Å². The lowest BCUT2D eigenvalue weighted by molar-refractivity contribution is 0.179. The average Bonchev–Trinajstić information content (AvgIpc) is 3.00. The first-order chi connectivity index (χ1) is 6.76. The molecule has 0 aromatic rings. The SMILES string of the molecule is CN(CC1(C#N)CC1)C1CCNCC1. The topological polar surface area (TPSA) is 39.1 Å². The standard InChI is InChI=1S/C11H19N3/c1-14(9-11(8-12)4-5-11)10-2-6-13-7-3-10/h10,13H,2-7,9H2,1H3. The zero-order valence-corrected chi connectivity index (χ0v) is 8.92. The lowest BCUT2D eigenvalue weighted by Gasteiger charge is -2.32. The Morgan fingerprint density at radius 2 is 2.07 bits per heavy atom. The fourth-order valence-corrected chi connectivity index (χ4v) is 2.31. The molecular formula is C11H19N3. The molecule has 0 bridgehead atoms. The molecule has 1 N–H and O–H groups in total. The molecule has 0 aromatic carbocycles. The molecule has 0 atom stereocenters. The van der Waals surface area contributed by atoms with Gasteiger partial charge in [-0.2, -0.15) is 5.26 Å². The summed E-state index contributed by atoms with van der Waals surface area (Å²) in [4.78, 5) is 2.40. The highest BCUT2D eigenvalue weighted by molar-refractivity contribution is 5.11. The smallest absolute Gasteiger partial charge is 0.0703 e. The van der Waals surface area contributed by atoms with Gasteiger partial charge in [0.25, 0.3) is 0 Å². The van der Waals surface area contributed by atoms with Gasteiger partial charge in [0.1, 0.15) is 0 Å². The van der Waals surface area contributed by atoms with Gasteiger partial charge in [-0.1, -0.05) is 0 Å². The Bertz CT molecular complexity index is 233. The molecule has 1 saturated heterocycles. The highest BCUT2D eigenvalue weighted by atomic mass is 15.2. The summed E-state index contributed by atoms with van der Waals surface area (Å²) in [5.41, 5.74) is 0.0274. The predicted molar refractivity (Wildman–Crippen MR) is 55.8 cm³/mol. The second kappa shape index (κ2) is 3.88. The van der Waals surface area contributed by atoms with Crippen LogP contribution in [0, 0.1) is 16.7 Å². The summed E-state index contributed by atoms with van der Waals surface area (Å²) >= 11 is 0. The summed E-state index contributed by atoms with van der Waals surface area (Å²) in [6.45, 7) is 3.25. The van der Waals surface area contributed by atoms with Crippen molar-refractivity contribution in [2.75, 3.05) is 26.7 Å². The molecular weight excluding hydrogens is 174 g/mol. The van der Waals surface area contributed by atoms with Gasteiger partial charge >= 0.3 is 0 Å². The highest BCUT2D eigenvalue weighted by Gasteiger charge is 2.44. The van der Waals surface area contributed by atoms with Crippen molar-refractivity contribution in [1.29, 1.82) is 5.26 Å². The number of hydrogen-bond donors (Lipinski definition) is 1. The molecule has 0 amide bonds. The van der Waals surface area contributed by atoms with Gasteiger partial charge in [-0.3, -0.25) is 0 Å². The minimum atomic E-state index is 0.0274. The lowest BCUT2D eigenvalue weighted by Crippen LogP contribution is -2.43. The van der Waals surface area contributed by atoms with Crippen molar-refractivity contribution < 1.29 is 0 Å². The minimum absolute atomic E-state index is 0.0274. The van der Waals surface area contributed by atoms with Crippen LogP contribution >= 0.6 is 0 Å². The van der Waals surface area contributed by atoms with Crippen molar-refractivity contribution in [2.24, 2.45) is 5.41 Å². The van der Waals surface area contributed by atoms with Crippen molar-refractivity contribution in [3.63, 3.8) is 0 Å². The van der Waals surface area contributed by atoms with E-state index in [1.165, 1.54) is 12.8 Å². The Kier molecular flexibility index (Phi) is 2.76. The minimum Gasteiger partial charge on any atom is -0.317 e. The molecule has 1 aliphatic heterocycles. The number of nitrogens with zero attached hydrogens (tertiary/aromatic N) is 2. The number of nitrogens with one attached hydrogen (secondary N) is 1. The van der Waals surface area contributed by atoms with Crippen LogP contribution < -0.4 is 5.32 Å². The van der Waals surface area contributed by atoms with Gasteiger partial charge in [-0.25, -0.2) is 0 Å². The van der Waals surface area contributed by atoms with Gasteiger partial charge in [0, 0.05) is 12.6 Å². The van der Waals surface area contributed by atoms with Crippen LogP contribution in [-0.2, 0) is 0 Å². The van der Waals surface area contributed by atoms with Crippen molar-refractivity contribution in [3.05, 3.63) is 0 Å². The van der Waals surface area contributed by atoms with Crippen LogP contribution in [0.15, 0.2) is 0 Å². The molecule has 0 radical (unpaired) electrons. The molecule has 2 aliphatic rings. The van der Waals surface area contributed by atoms with E-state index in [1.54, 1.807) is 0 Å². The highest BCUT2D eigenvalue weighted by Crippen LogP contribution is 2.45. The normalized spacial score (nSPS) is 26.1. The van der Waals surface area contributed by atoms with E-state index in [4.69, 9.17) is 5.26 Å². The molecule has 0 unspecified atom stereocenters. The molecule has 3 nitrogen and oxygen atoms in total. The van der Waals surface area contributed by atoms with E-state index in [0.717, 1.165) is 32.5 Å². The predicted octanol–water partition coefficient (Wildman–Crippen LogP) is 0.974. The van der Waals surface area contributed by atoms with E-state index in [2.05, 4.69) is 23.3 Å². The Balaban J connectivity index is 1.82. The third-order valence-corrected chi connectivity index (χ3v) is 3.57. The number of piperidine rings is 1. The summed E-state index contributed by atoms with van der Waals surface area (Å²) in [7, 11) is 2.17. The van der Waals surface area contributed by atoms with Crippen LogP contribution in [-0.4, -0.2) is 37.6 Å². The Morgan fingerprint density at radius 1 is 1.43 bits per heavy atom. The van der Waals surface area contributed by atoms with Crippen LogP contribution in [0.1, 0.15) is 25.7 Å². The van der Waals surface area contributed by atoms with E-state index in [0.29, 0.717) is 6.04 Å². The maximum absolute atomic E-state index is 9.01. The fourth-order valence-electron chi connectivity index (χ4n) is 2.31. The summed E-state index contributed by atoms with van der Waals surface area (Å²) in [6.07, 6.45) is 4.69. The molecule has 1 saturated carbocycles. The second-order valence-electron chi connectivity index (χ2n) is 4.79. The van der Waals surface area contributed by atoms with Crippen LogP contribution in [0.4, 0.5) is 0 Å². The van der Waals surface area contributed by atoms with Crippen molar-refractivity contribution in [2.45, 2.75) is 31.7 Å². The zero-order valence-electron chi connectivity index (χ0n) is 8.92. The molecule has 0 aromatic heterocycles. The first kappa shape index (κ1) is 9.95. The van der Waals surface area contributed by atoms with Gasteiger partial charge in [-0.15, -0.1) is 0 Å². The second-order valence-corrected chi connectivity index (χ2v) is 4.79. The molecule has 14 heavy (non-hydrogen) atoms. The van der Waals surface area contributed by atoms with Gasteiger partial charge in [0.15, 0.2) is 0 Å². The van der Waals surface area contributed by atoms with Crippen LogP contribution in [0.3, 0.4) is 0 Å². The van der Waals surface area contributed by atoms with E-state index >= 15 is 0 Å². The zero-order chi connectivity index (χ0) is 10.0. The maximum atomic E-state index is 9.01. The summed E-state index contributed by atoms with van der Waals surface area (Å²) < 4.78 is 0. The van der Waals surface area contributed by atoms with Crippen LogP contribution in [0.2, 0.25) is 0 Å². The van der Waals surface area contributed by atoms with Gasteiger partial charge in [0.2, 0.25) is 0 Å². The third kappa shape index (κ3) is 2.08. The number of nitriles is 1. The van der Waals surface area contributed by atoms with Gasteiger partial charge < -0.3 is 10.2 Å². The van der Waals surface area contributed by atoms with E-state index in [9.17, 15) is 0 Å². The summed E-state index contributed by atoms with van der Waals surface area (Å²) in [5.74, 6) is 0. The Morgan fingerprint density at radius 3 is 2.57 bits per heavy atom. The Labute approximate surface area is 86.1 Å². The fraction of sp³-hybridized carbons (Fsp3) is 0.909. The van der Waals surface area contributed by atoms with E-state index in [-0.39, 0.29) is 5.41 Å². The monoisotopic (exact) mass is 193 g/mol. The molecule has 2 fully saturated rings. The van der Waals surface area contributed by atoms with Crippen LogP contribution in [0.5, 0.6) is 0 Å². The number of rotatable bonds is 3. The first-order valence-electron chi connectivity index (χ1n) is 5.58. The summed E-state index contributed by atoms with van der Waals surface area (Å²) in [5, 5.41) is 12.4.